The molecular weight excluding hydrogens is 321 g/mol. The van der Waals surface area contributed by atoms with E-state index in [1.807, 2.05) is 0 Å². The lowest BCUT2D eigenvalue weighted by molar-refractivity contribution is -0.387. The van der Waals surface area contributed by atoms with Gasteiger partial charge in [0.2, 0.25) is 11.7 Å². The van der Waals surface area contributed by atoms with E-state index >= 15 is 0 Å². The van der Waals surface area contributed by atoms with Gasteiger partial charge in [-0.25, -0.2) is 4.90 Å². The van der Waals surface area contributed by atoms with E-state index < -0.39 is 34.1 Å². The highest BCUT2D eigenvalue weighted by Gasteiger charge is 2.40. The van der Waals surface area contributed by atoms with Crippen molar-refractivity contribution < 1.29 is 23.7 Å². The van der Waals surface area contributed by atoms with E-state index in [-0.39, 0.29) is 22.4 Å². The summed E-state index contributed by atoms with van der Waals surface area (Å²) in [6.45, 7) is 0. The van der Waals surface area contributed by atoms with Crippen LogP contribution in [0, 0.1) is 15.9 Å². The van der Waals surface area contributed by atoms with Crippen LogP contribution in [0.1, 0.15) is 31.1 Å². The van der Waals surface area contributed by atoms with Crippen molar-refractivity contribution in [3.05, 3.63) is 69.0 Å². The monoisotopic (exact) mass is 329 g/mol. The fraction of sp³-hybridized carbons (Fsp3) is 0. The predicted molar refractivity (Wildman–Crippen MR) is 79.2 cm³/mol. The number of nitrogens with two attached hydrogens (primary N) is 1. The Labute approximate surface area is 133 Å². The Hall–Kier alpha value is -3.62. The molecule has 0 aromatic heterocycles. The van der Waals surface area contributed by atoms with E-state index in [9.17, 15) is 28.9 Å². The number of nitro benzene ring substituents is 1. The number of imide groups is 1. The van der Waals surface area contributed by atoms with Gasteiger partial charge in [0.1, 0.15) is 0 Å². The van der Waals surface area contributed by atoms with E-state index in [0.717, 1.165) is 18.2 Å². The van der Waals surface area contributed by atoms with Gasteiger partial charge in [-0.2, -0.15) is 4.39 Å². The molecule has 2 aromatic rings. The Bertz CT molecular complexity index is 941. The molecule has 1 aliphatic heterocycles. The lowest BCUT2D eigenvalue weighted by Crippen LogP contribution is -2.30. The van der Waals surface area contributed by atoms with Crippen molar-refractivity contribution in [3.8, 4) is 0 Å². The fourth-order valence-electron chi connectivity index (χ4n) is 2.51. The largest absolute Gasteiger partial charge is 0.366 e. The first-order chi connectivity index (χ1) is 11.3. The summed E-state index contributed by atoms with van der Waals surface area (Å²) in [7, 11) is 0. The summed E-state index contributed by atoms with van der Waals surface area (Å²) in [6, 6.07) is 6.64. The van der Waals surface area contributed by atoms with Gasteiger partial charge in [-0.05, 0) is 24.3 Å². The number of rotatable bonds is 3. The Morgan fingerprint density at radius 1 is 1.17 bits per heavy atom. The quantitative estimate of drug-likeness (QED) is 0.521. The van der Waals surface area contributed by atoms with Gasteiger partial charge in [-0.3, -0.25) is 24.5 Å². The molecule has 3 amide bonds. The first-order valence-electron chi connectivity index (χ1n) is 6.58. The maximum atomic E-state index is 13.4. The van der Waals surface area contributed by atoms with Crippen LogP contribution >= 0.6 is 0 Å². The number of halogens is 1. The van der Waals surface area contributed by atoms with E-state index in [2.05, 4.69) is 0 Å². The highest BCUT2D eigenvalue weighted by Crippen LogP contribution is 2.32. The molecular formula is C15H8FN3O5. The topological polar surface area (TPSA) is 124 Å². The molecule has 0 radical (unpaired) electrons. The van der Waals surface area contributed by atoms with Crippen molar-refractivity contribution in [1.29, 1.82) is 0 Å². The Morgan fingerprint density at radius 3 is 2.50 bits per heavy atom. The van der Waals surface area contributed by atoms with Gasteiger partial charge < -0.3 is 5.73 Å². The Kier molecular flexibility index (Phi) is 3.33. The van der Waals surface area contributed by atoms with E-state index in [4.69, 9.17) is 5.73 Å². The SMILES string of the molecule is NC(=O)c1cccc2c1C(=O)N(c1ccc(F)c([N+](=O)[O-])c1)C2=O. The molecule has 2 aromatic carbocycles. The molecule has 0 aliphatic carbocycles. The van der Waals surface area contributed by atoms with Crippen LogP contribution in [0.3, 0.4) is 0 Å². The Morgan fingerprint density at radius 2 is 1.88 bits per heavy atom. The molecule has 0 saturated carbocycles. The summed E-state index contributed by atoms with van der Waals surface area (Å²) in [6.07, 6.45) is 0. The fourth-order valence-corrected chi connectivity index (χ4v) is 2.51. The molecule has 120 valence electrons. The smallest absolute Gasteiger partial charge is 0.306 e. The lowest BCUT2D eigenvalue weighted by Gasteiger charge is -2.13. The normalized spacial score (nSPS) is 13.1. The number of carbonyl (C=O) groups is 3. The molecule has 9 heteroatoms. The minimum absolute atomic E-state index is 0.0525. The number of carbonyl (C=O) groups excluding carboxylic acids is 3. The molecule has 0 spiro atoms. The van der Waals surface area contributed by atoms with Gasteiger partial charge in [-0.15, -0.1) is 0 Å². The highest BCUT2D eigenvalue weighted by atomic mass is 19.1. The molecule has 0 atom stereocenters. The molecule has 3 rings (SSSR count). The maximum absolute atomic E-state index is 13.4. The average Bonchev–Trinajstić information content (AvgIpc) is 2.79. The van der Waals surface area contributed by atoms with Gasteiger partial charge in [0.15, 0.2) is 0 Å². The van der Waals surface area contributed by atoms with E-state index in [1.54, 1.807) is 0 Å². The van der Waals surface area contributed by atoms with Crippen LogP contribution in [-0.4, -0.2) is 22.6 Å². The van der Waals surface area contributed by atoms with Crippen LogP contribution in [0.2, 0.25) is 0 Å². The third kappa shape index (κ3) is 2.10. The highest BCUT2D eigenvalue weighted by molar-refractivity contribution is 6.36. The van der Waals surface area contributed by atoms with Crippen molar-refractivity contribution >= 4 is 29.1 Å². The first kappa shape index (κ1) is 15.3. The van der Waals surface area contributed by atoms with Crippen LogP contribution in [0.15, 0.2) is 36.4 Å². The van der Waals surface area contributed by atoms with Crippen LogP contribution in [0.25, 0.3) is 0 Å². The minimum atomic E-state index is -1.10. The molecule has 0 saturated heterocycles. The zero-order chi connectivity index (χ0) is 17.6. The molecule has 0 bridgehead atoms. The number of anilines is 1. The number of primary amides is 1. The second kappa shape index (κ2) is 5.23. The lowest BCUT2D eigenvalue weighted by atomic mass is 10.0. The van der Waals surface area contributed by atoms with Gasteiger partial charge >= 0.3 is 5.69 Å². The van der Waals surface area contributed by atoms with Crippen molar-refractivity contribution in [2.24, 2.45) is 5.73 Å². The van der Waals surface area contributed by atoms with Crippen LogP contribution in [0.5, 0.6) is 0 Å². The molecule has 1 heterocycles. The molecule has 2 N–H and O–H groups in total. The van der Waals surface area contributed by atoms with Crippen molar-refractivity contribution in [2.75, 3.05) is 4.90 Å². The van der Waals surface area contributed by atoms with Crippen molar-refractivity contribution in [3.63, 3.8) is 0 Å². The number of hydrogen-bond donors (Lipinski definition) is 1. The van der Waals surface area contributed by atoms with E-state index in [0.29, 0.717) is 4.90 Å². The third-order valence-corrected chi connectivity index (χ3v) is 3.56. The molecule has 24 heavy (non-hydrogen) atoms. The summed E-state index contributed by atoms with van der Waals surface area (Å²) in [4.78, 5) is 46.9. The van der Waals surface area contributed by atoms with Crippen LogP contribution in [0.4, 0.5) is 15.8 Å². The van der Waals surface area contributed by atoms with Gasteiger partial charge in [0.05, 0.1) is 27.3 Å². The standard InChI is InChI=1S/C15H8FN3O5/c16-10-5-4-7(6-11(10)19(23)24)18-14(21)9-3-1-2-8(13(17)20)12(9)15(18)22/h1-6H,(H2,17,20). The van der Waals surface area contributed by atoms with Gasteiger partial charge in [0.25, 0.3) is 11.8 Å². The second-order valence-corrected chi connectivity index (χ2v) is 4.93. The van der Waals surface area contributed by atoms with Crippen LogP contribution < -0.4 is 10.6 Å². The van der Waals surface area contributed by atoms with Crippen LogP contribution in [-0.2, 0) is 0 Å². The number of nitrogens with zero attached hydrogens (tertiary/aromatic N) is 2. The van der Waals surface area contributed by atoms with Crippen molar-refractivity contribution in [1.82, 2.24) is 0 Å². The molecule has 1 aliphatic rings. The summed E-state index contributed by atoms with van der Waals surface area (Å²) in [5.41, 5.74) is 3.78. The molecule has 8 nitrogen and oxygen atoms in total. The predicted octanol–water partition coefficient (Wildman–Crippen LogP) is 1.63. The zero-order valence-corrected chi connectivity index (χ0v) is 11.9. The number of benzene rings is 2. The average molecular weight is 329 g/mol. The number of nitro groups is 1. The first-order valence-corrected chi connectivity index (χ1v) is 6.58. The number of amides is 3. The maximum Gasteiger partial charge on any atom is 0.306 e. The second-order valence-electron chi connectivity index (χ2n) is 4.93. The van der Waals surface area contributed by atoms with Gasteiger partial charge in [0, 0.05) is 6.07 Å². The third-order valence-electron chi connectivity index (χ3n) is 3.56. The molecule has 0 unspecified atom stereocenters. The number of hydrogen-bond acceptors (Lipinski definition) is 5. The Balaban J connectivity index is 2.16. The summed E-state index contributed by atoms with van der Waals surface area (Å²) in [5, 5.41) is 10.8. The van der Waals surface area contributed by atoms with E-state index in [1.165, 1.54) is 18.2 Å². The molecule has 0 fully saturated rings. The summed E-state index contributed by atoms with van der Waals surface area (Å²) >= 11 is 0. The van der Waals surface area contributed by atoms with Gasteiger partial charge in [-0.1, -0.05) is 6.07 Å². The number of fused-ring (bicyclic) bond motifs is 1. The van der Waals surface area contributed by atoms with Crippen molar-refractivity contribution in [2.45, 2.75) is 0 Å². The zero-order valence-electron chi connectivity index (χ0n) is 11.9. The minimum Gasteiger partial charge on any atom is -0.366 e. The summed E-state index contributed by atoms with van der Waals surface area (Å²) < 4.78 is 13.4. The summed E-state index contributed by atoms with van der Waals surface area (Å²) in [5.74, 6) is -3.62.